The first kappa shape index (κ1) is 4.17. The SMILES string of the molecule is Nc1ncc[te]1. The number of nitrogen functional groups attached to an aromatic ring is 1. The van der Waals surface area contributed by atoms with Crippen LogP contribution in [0.3, 0.4) is 0 Å². The molecule has 1 rings (SSSR count). The summed E-state index contributed by atoms with van der Waals surface area (Å²) in [7, 11) is 0. The Bertz CT molecular complexity index is 112. The van der Waals surface area contributed by atoms with Crippen molar-refractivity contribution in [1.82, 2.24) is 4.98 Å². The molecule has 32 valence electrons. The van der Waals surface area contributed by atoms with E-state index in [4.69, 9.17) is 5.73 Å². The average molecular weight is 196 g/mol. The first-order chi connectivity index (χ1) is 2.89. The molecule has 0 aliphatic rings. The Hall–Kier alpha value is -0.000390. The van der Waals surface area contributed by atoms with Crippen LogP contribution in [0.1, 0.15) is 0 Å². The molecule has 0 saturated heterocycles. The molecule has 1 aromatic rings. The number of hydrogen-bond donors (Lipinski definition) is 1. The molecule has 3 heteroatoms. The molecular weight excluding hydrogens is 192 g/mol. The second kappa shape index (κ2) is 1.63. The second-order valence-corrected chi connectivity index (χ2v) is 3.51. The van der Waals surface area contributed by atoms with Crippen molar-refractivity contribution in [2.75, 3.05) is 5.73 Å². The van der Waals surface area contributed by atoms with Gasteiger partial charge in [-0.3, -0.25) is 0 Å². The molecule has 0 fully saturated rings. The van der Waals surface area contributed by atoms with Gasteiger partial charge in [-0.1, -0.05) is 0 Å². The molecule has 0 aromatic carbocycles. The van der Waals surface area contributed by atoms with Crippen LogP contribution in [0.5, 0.6) is 0 Å². The van der Waals surface area contributed by atoms with Gasteiger partial charge in [-0.05, 0) is 0 Å². The fourth-order valence-electron chi connectivity index (χ4n) is 0.234. The molecule has 2 N–H and O–H groups in total. The summed E-state index contributed by atoms with van der Waals surface area (Å²) >= 11 is -0.120. The molecule has 6 heavy (non-hydrogen) atoms. The van der Waals surface area contributed by atoms with Crippen LogP contribution >= 0.6 is 0 Å². The van der Waals surface area contributed by atoms with Gasteiger partial charge in [-0.15, -0.1) is 0 Å². The first-order valence-electron chi connectivity index (χ1n) is 1.54. The van der Waals surface area contributed by atoms with E-state index in [-0.39, 0.29) is 20.4 Å². The monoisotopic (exact) mass is 198 g/mol. The first-order valence-corrected chi connectivity index (χ1v) is 4.05. The fourth-order valence-corrected chi connectivity index (χ4v) is 1.33. The predicted molar refractivity (Wildman–Crippen MR) is 25.6 cm³/mol. The Balaban J connectivity index is 3.05. The molecule has 0 bridgehead atoms. The van der Waals surface area contributed by atoms with Crippen molar-refractivity contribution in [3.8, 4) is 0 Å². The Morgan fingerprint density at radius 2 is 2.67 bits per heavy atom. The van der Waals surface area contributed by atoms with Gasteiger partial charge in [0.15, 0.2) is 0 Å². The van der Waals surface area contributed by atoms with Gasteiger partial charge in [0.05, 0.1) is 0 Å². The number of aromatic nitrogens is 1. The summed E-state index contributed by atoms with van der Waals surface area (Å²) in [6.07, 6.45) is 1.78. The normalized spacial score (nSPS) is 8.67. The van der Waals surface area contributed by atoms with Gasteiger partial charge < -0.3 is 0 Å². The van der Waals surface area contributed by atoms with Gasteiger partial charge in [-0.2, -0.15) is 0 Å². The second-order valence-electron chi connectivity index (χ2n) is 0.870. The molecule has 1 heterocycles. The summed E-state index contributed by atoms with van der Waals surface area (Å²) in [5.41, 5.74) is 5.28. The summed E-state index contributed by atoms with van der Waals surface area (Å²) in [4.78, 5) is 3.81. The zero-order valence-corrected chi connectivity index (χ0v) is 5.42. The van der Waals surface area contributed by atoms with Crippen molar-refractivity contribution in [3.63, 3.8) is 0 Å². The third kappa shape index (κ3) is 0.735. The van der Waals surface area contributed by atoms with Crippen LogP contribution in [0.2, 0.25) is 0 Å². The number of rotatable bonds is 0. The van der Waals surface area contributed by atoms with E-state index in [0.717, 1.165) is 3.83 Å². The van der Waals surface area contributed by atoms with E-state index in [9.17, 15) is 0 Å². The van der Waals surface area contributed by atoms with Crippen LogP contribution in [-0.2, 0) is 0 Å². The van der Waals surface area contributed by atoms with E-state index >= 15 is 0 Å². The molecule has 0 amide bonds. The zero-order chi connectivity index (χ0) is 4.41. The quantitative estimate of drug-likeness (QED) is 0.579. The molecular formula is C3H4N2Te. The summed E-state index contributed by atoms with van der Waals surface area (Å²) in [6, 6.07) is 0. The van der Waals surface area contributed by atoms with E-state index in [2.05, 4.69) is 9.07 Å². The Labute approximate surface area is 45.6 Å². The van der Waals surface area contributed by atoms with Crippen molar-refractivity contribution < 1.29 is 0 Å². The fraction of sp³-hybridized carbons (Fsp3) is 0. The van der Waals surface area contributed by atoms with E-state index in [1.54, 1.807) is 6.20 Å². The van der Waals surface area contributed by atoms with Crippen molar-refractivity contribution in [2.45, 2.75) is 0 Å². The minimum absolute atomic E-state index is 0.120. The maximum absolute atomic E-state index is 5.28. The van der Waals surface area contributed by atoms with Crippen LogP contribution in [0.4, 0.5) is 3.83 Å². The number of nitrogens with zero attached hydrogens (tertiary/aromatic N) is 1. The van der Waals surface area contributed by atoms with Gasteiger partial charge in [0, 0.05) is 0 Å². The maximum atomic E-state index is 5.28. The van der Waals surface area contributed by atoms with Crippen LogP contribution in [-0.4, -0.2) is 25.4 Å². The van der Waals surface area contributed by atoms with Crippen molar-refractivity contribution in [2.24, 2.45) is 0 Å². The van der Waals surface area contributed by atoms with E-state index in [1.165, 1.54) is 0 Å². The van der Waals surface area contributed by atoms with Crippen molar-refractivity contribution in [1.29, 1.82) is 0 Å². The predicted octanol–water partition coefficient (Wildman–Crippen LogP) is -0.279. The Morgan fingerprint density at radius 3 is 2.83 bits per heavy atom. The molecule has 1 aromatic heterocycles. The number of anilines is 1. The summed E-state index contributed by atoms with van der Waals surface area (Å²) in [5.74, 6) is 0. The van der Waals surface area contributed by atoms with Crippen molar-refractivity contribution in [3.05, 3.63) is 10.3 Å². The van der Waals surface area contributed by atoms with Gasteiger partial charge in [0.2, 0.25) is 0 Å². The summed E-state index contributed by atoms with van der Waals surface area (Å²) in [5, 5.41) is 0. The molecule has 2 nitrogen and oxygen atoms in total. The molecule has 0 atom stereocenters. The molecule has 0 spiro atoms. The van der Waals surface area contributed by atoms with Gasteiger partial charge in [0.1, 0.15) is 0 Å². The van der Waals surface area contributed by atoms with Gasteiger partial charge in [-0.25, -0.2) is 0 Å². The Morgan fingerprint density at radius 1 is 1.83 bits per heavy atom. The minimum atomic E-state index is -0.120. The van der Waals surface area contributed by atoms with Crippen molar-refractivity contribution >= 4 is 24.3 Å². The van der Waals surface area contributed by atoms with Crippen LogP contribution in [0.15, 0.2) is 10.3 Å². The van der Waals surface area contributed by atoms with Crippen LogP contribution < -0.4 is 5.73 Å². The molecule has 0 aliphatic carbocycles. The average Bonchev–Trinajstić information content (AvgIpc) is 1.86. The molecule has 0 saturated carbocycles. The van der Waals surface area contributed by atoms with Gasteiger partial charge in [0.25, 0.3) is 0 Å². The van der Waals surface area contributed by atoms with E-state index in [1.807, 2.05) is 0 Å². The number of nitrogens with two attached hydrogens (primary N) is 1. The Kier molecular flexibility index (Phi) is 1.13. The zero-order valence-electron chi connectivity index (χ0n) is 3.09. The van der Waals surface area contributed by atoms with E-state index < -0.39 is 0 Å². The third-order valence-electron chi connectivity index (χ3n) is 0.451. The van der Waals surface area contributed by atoms with Gasteiger partial charge >= 0.3 is 45.3 Å². The molecule has 0 aliphatic heterocycles. The summed E-state index contributed by atoms with van der Waals surface area (Å²) in [6.45, 7) is 0. The standard InChI is InChI=1S/C3H4N2Te/c4-3-5-1-2-6-3/h1-2H,(H2,4,5). The topological polar surface area (TPSA) is 38.9 Å². The van der Waals surface area contributed by atoms with Crippen LogP contribution in [0.25, 0.3) is 0 Å². The van der Waals surface area contributed by atoms with E-state index in [0.29, 0.717) is 0 Å². The molecule has 0 radical (unpaired) electrons. The summed E-state index contributed by atoms with van der Waals surface area (Å²) < 4.78 is 2.90. The third-order valence-corrected chi connectivity index (χ3v) is 2.18. The molecule has 0 unspecified atom stereocenters. The van der Waals surface area contributed by atoms with Crippen LogP contribution in [0, 0.1) is 0 Å². The number of hydrogen-bond acceptors (Lipinski definition) is 2.